The average molecular weight is 539 g/mol. The van der Waals surface area contributed by atoms with Crippen LogP contribution >= 0.6 is 0 Å². The lowest BCUT2D eigenvalue weighted by Gasteiger charge is -2.22. The number of nitrogens with zero attached hydrogens (tertiary/aromatic N) is 3. The Hall–Kier alpha value is -3.95. The molecule has 1 aliphatic heterocycles. The fourth-order valence-electron chi connectivity index (χ4n) is 5.03. The maximum Gasteiger partial charge on any atom is 0.326 e. The second-order valence-electron chi connectivity index (χ2n) is 10.6. The van der Waals surface area contributed by atoms with Crippen LogP contribution in [-0.4, -0.2) is 56.9 Å². The standard InChI is InChI=1S/C29H35FN4O5/c1-7-19(28(36)37)34-15-32-25-18(29(4,5)6)10-16(11-20(25)34)21(35)14-33-13-17-12-22(38-8-2)26(39-9-3)24(30)23(17)27(33)31/h10-12,15,19,31H,7-9,13-14H2,1-6H3,(H,36,37). The van der Waals surface area contributed by atoms with E-state index in [9.17, 15) is 14.7 Å². The molecule has 0 radical (unpaired) electrons. The number of carboxylic acids is 1. The second-order valence-corrected chi connectivity index (χ2v) is 10.6. The minimum absolute atomic E-state index is 0.0338. The van der Waals surface area contributed by atoms with Crippen molar-refractivity contribution in [2.75, 3.05) is 19.8 Å². The number of Topliss-reactive ketones (excluding diaryl/α,β-unsaturated/α-hetero) is 1. The first-order valence-corrected chi connectivity index (χ1v) is 13.1. The molecule has 39 heavy (non-hydrogen) atoms. The number of rotatable bonds is 10. The molecule has 1 aromatic heterocycles. The summed E-state index contributed by atoms with van der Waals surface area (Å²) in [6, 6.07) is 4.30. The van der Waals surface area contributed by atoms with Gasteiger partial charge in [0.2, 0.25) is 0 Å². The molecule has 0 fully saturated rings. The van der Waals surface area contributed by atoms with Crippen molar-refractivity contribution in [2.45, 2.75) is 66.0 Å². The van der Waals surface area contributed by atoms with Crippen molar-refractivity contribution >= 4 is 28.6 Å². The van der Waals surface area contributed by atoms with E-state index >= 15 is 4.39 Å². The number of benzene rings is 2. The van der Waals surface area contributed by atoms with Gasteiger partial charge >= 0.3 is 5.97 Å². The number of carbonyl (C=O) groups excluding carboxylic acids is 1. The zero-order valence-electron chi connectivity index (χ0n) is 23.2. The van der Waals surface area contributed by atoms with Gasteiger partial charge in [-0.05, 0) is 55.0 Å². The fourth-order valence-corrected chi connectivity index (χ4v) is 5.03. The summed E-state index contributed by atoms with van der Waals surface area (Å²) in [6.45, 7) is 11.9. The lowest BCUT2D eigenvalue weighted by molar-refractivity contribution is -0.140. The molecule has 0 bridgehead atoms. The first-order valence-electron chi connectivity index (χ1n) is 13.1. The van der Waals surface area contributed by atoms with Crippen LogP contribution in [0.1, 0.15) is 81.1 Å². The summed E-state index contributed by atoms with van der Waals surface area (Å²) in [4.78, 5) is 31.6. The number of hydrogen-bond donors (Lipinski definition) is 2. The molecule has 2 heterocycles. The molecular weight excluding hydrogens is 503 g/mol. The highest BCUT2D eigenvalue weighted by Crippen LogP contribution is 2.39. The van der Waals surface area contributed by atoms with E-state index < -0.39 is 17.8 Å². The van der Waals surface area contributed by atoms with E-state index in [1.807, 2.05) is 20.8 Å². The Balaban J connectivity index is 1.72. The maximum absolute atomic E-state index is 15.5. The summed E-state index contributed by atoms with van der Waals surface area (Å²) in [5.74, 6) is -1.78. The SMILES string of the molecule is CCOc1cc2c(c(F)c1OCC)C(=N)N(CC(=O)c1cc(C(C)(C)C)c3ncn(C(CC)C(=O)O)c3c1)C2. The number of halogens is 1. The van der Waals surface area contributed by atoms with Crippen LogP contribution in [0.5, 0.6) is 11.5 Å². The van der Waals surface area contributed by atoms with E-state index in [4.69, 9.17) is 14.9 Å². The summed E-state index contributed by atoms with van der Waals surface area (Å²) >= 11 is 0. The van der Waals surface area contributed by atoms with Gasteiger partial charge in [-0.1, -0.05) is 27.7 Å². The van der Waals surface area contributed by atoms with Gasteiger partial charge in [-0.15, -0.1) is 0 Å². The van der Waals surface area contributed by atoms with Gasteiger partial charge in [0.1, 0.15) is 11.9 Å². The molecule has 1 aliphatic rings. The zero-order valence-corrected chi connectivity index (χ0v) is 23.2. The highest BCUT2D eigenvalue weighted by Gasteiger charge is 2.34. The number of aliphatic carboxylic acids is 1. The van der Waals surface area contributed by atoms with Gasteiger partial charge in [-0.25, -0.2) is 14.2 Å². The highest BCUT2D eigenvalue weighted by atomic mass is 19.1. The number of nitrogens with one attached hydrogen (secondary N) is 1. The van der Waals surface area contributed by atoms with Crippen LogP contribution in [-0.2, 0) is 16.8 Å². The molecule has 1 atom stereocenters. The minimum atomic E-state index is -0.978. The molecule has 3 aromatic rings. The summed E-state index contributed by atoms with van der Waals surface area (Å²) in [6.07, 6.45) is 1.87. The monoisotopic (exact) mass is 538 g/mol. The van der Waals surface area contributed by atoms with Crippen LogP contribution in [0, 0.1) is 11.2 Å². The first kappa shape index (κ1) is 28.1. The van der Waals surface area contributed by atoms with Gasteiger partial charge in [-0.3, -0.25) is 10.2 Å². The molecule has 1 unspecified atom stereocenters. The first-order chi connectivity index (χ1) is 18.4. The largest absolute Gasteiger partial charge is 0.490 e. The van der Waals surface area contributed by atoms with Crippen LogP contribution in [0.4, 0.5) is 4.39 Å². The molecule has 0 saturated heterocycles. The number of ether oxygens (including phenoxy) is 2. The second kappa shape index (κ2) is 10.7. The zero-order chi connectivity index (χ0) is 28.6. The van der Waals surface area contributed by atoms with Crippen molar-refractivity contribution in [2.24, 2.45) is 0 Å². The van der Waals surface area contributed by atoms with Crippen molar-refractivity contribution in [3.8, 4) is 11.5 Å². The topological polar surface area (TPSA) is 118 Å². The van der Waals surface area contributed by atoms with Gasteiger partial charge in [-0.2, -0.15) is 0 Å². The van der Waals surface area contributed by atoms with Crippen molar-refractivity contribution in [3.05, 3.63) is 52.6 Å². The van der Waals surface area contributed by atoms with Gasteiger partial charge < -0.3 is 24.0 Å². The normalized spacial score (nSPS) is 14.0. The molecule has 10 heteroatoms. The van der Waals surface area contributed by atoms with E-state index in [0.717, 1.165) is 5.56 Å². The summed E-state index contributed by atoms with van der Waals surface area (Å²) in [5.41, 5.74) is 2.69. The summed E-state index contributed by atoms with van der Waals surface area (Å²) < 4.78 is 28.1. The predicted octanol–water partition coefficient (Wildman–Crippen LogP) is 5.33. The maximum atomic E-state index is 15.5. The molecule has 4 rings (SSSR count). The Labute approximate surface area is 227 Å². The van der Waals surface area contributed by atoms with Gasteiger partial charge in [0, 0.05) is 12.1 Å². The van der Waals surface area contributed by atoms with E-state index in [1.54, 1.807) is 43.5 Å². The van der Waals surface area contributed by atoms with E-state index in [-0.39, 0.29) is 53.8 Å². The van der Waals surface area contributed by atoms with Crippen LogP contribution in [0.3, 0.4) is 0 Å². The fraction of sp³-hybridized carbons (Fsp3) is 0.448. The van der Waals surface area contributed by atoms with Crippen molar-refractivity contribution < 1.29 is 28.6 Å². The third-order valence-electron chi connectivity index (χ3n) is 6.92. The molecule has 0 amide bonds. The predicted molar refractivity (Wildman–Crippen MR) is 146 cm³/mol. The molecule has 0 spiro atoms. The number of ketones is 1. The molecular formula is C29H35FN4O5. The molecule has 2 N–H and O–H groups in total. The number of aromatic nitrogens is 2. The highest BCUT2D eigenvalue weighted by molar-refractivity contribution is 6.07. The van der Waals surface area contributed by atoms with Crippen LogP contribution < -0.4 is 9.47 Å². The van der Waals surface area contributed by atoms with Crippen molar-refractivity contribution in [1.29, 1.82) is 5.41 Å². The third kappa shape index (κ3) is 5.07. The molecule has 0 saturated carbocycles. The van der Waals surface area contributed by atoms with Crippen molar-refractivity contribution in [3.63, 3.8) is 0 Å². The van der Waals surface area contributed by atoms with E-state index in [2.05, 4.69) is 4.98 Å². The number of carbonyl (C=O) groups is 2. The Morgan fingerprint density at radius 3 is 2.44 bits per heavy atom. The smallest absolute Gasteiger partial charge is 0.326 e. The van der Waals surface area contributed by atoms with E-state index in [0.29, 0.717) is 35.2 Å². The average Bonchev–Trinajstić information content (AvgIpc) is 3.41. The van der Waals surface area contributed by atoms with Gasteiger partial charge in [0.05, 0.1) is 42.7 Å². The molecule has 0 aliphatic carbocycles. The number of imidazole rings is 1. The van der Waals surface area contributed by atoms with Crippen LogP contribution in [0.15, 0.2) is 24.5 Å². The Bertz CT molecular complexity index is 1460. The van der Waals surface area contributed by atoms with Crippen LogP contribution in [0.25, 0.3) is 11.0 Å². The number of carboxylic acid groups (broad SMARTS) is 1. The quantitative estimate of drug-likeness (QED) is 0.335. The Kier molecular flexibility index (Phi) is 7.68. The van der Waals surface area contributed by atoms with Crippen LogP contribution in [0.2, 0.25) is 0 Å². The van der Waals surface area contributed by atoms with E-state index in [1.165, 1.54) is 11.2 Å². The van der Waals surface area contributed by atoms with Gasteiger partial charge in [0.15, 0.2) is 23.1 Å². The third-order valence-corrected chi connectivity index (χ3v) is 6.92. The van der Waals surface area contributed by atoms with Gasteiger partial charge in [0.25, 0.3) is 0 Å². The lowest BCUT2D eigenvalue weighted by Crippen LogP contribution is -2.30. The molecule has 2 aromatic carbocycles. The van der Waals surface area contributed by atoms with Crippen molar-refractivity contribution in [1.82, 2.24) is 14.5 Å². The number of fused-ring (bicyclic) bond motifs is 2. The summed E-state index contributed by atoms with van der Waals surface area (Å²) in [7, 11) is 0. The number of hydrogen-bond acceptors (Lipinski definition) is 6. The Morgan fingerprint density at radius 2 is 1.85 bits per heavy atom. The lowest BCUT2D eigenvalue weighted by atomic mass is 9.84. The molecule has 208 valence electrons. The summed E-state index contributed by atoms with van der Waals surface area (Å²) in [5, 5.41) is 18.4. The Morgan fingerprint density at radius 1 is 1.15 bits per heavy atom. The minimum Gasteiger partial charge on any atom is -0.490 e. The number of amidine groups is 1. The molecule has 9 nitrogen and oxygen atoms in total.